The lowest BCUT2D eigenvalue weighted by Gasteiger charge is -2.04. The van der Waals surface area contributed by atoms with Gasteiger partial charge in [0.25, 0.3) is 0 Å². The van der Waals surface area contributed by atoms with E-state index in [0.717, 1.165) is 22.4 Å². The van der Waals surface area contributed by atoms with Gasteiger partial charge in [0.15, 0.2) is 0 Å². The summed E-state index contributed by atoms with van der Waals surface area (Å²) in [6.07, 6.45) is 1.71. The van der Waals surface area contributed by atoms with Crippen LogP contribution in [-0.4, -0.2) is 18.4 Å². The fraction of sp³-hybridized carbons (Fsp3) is 0.0455. The van der Waals surface area contributed by atoms with Crippen LogP contribution in [0.2, 0.25) is 5.02 Å². The fourth-order valence-corrected chi connectivity index (χ4v) is 3.04. The molecular formula is C22H16ClNO3. The summed E-state index contributed by atoms with van der Waals surface area (Å²) in [5.74, 6) is 1.32. The number of ether oxygens (including phenoxy) is 1. The molecule has 0 atom stereocenters. The number of phenolic OH excluding ortho intramolecular Hbond substituents is 1. The van der Waals surface area contributed by atoms with Gasteiger partial charge in [0.2, 0.25) is 5.88 Å². The third-order valence-corrected chi connectivity index (χ3v) is 4.51. The predicted molar refractivity (Wildman–Crippen MR) is 109 cm³/mol. The minimum atomic E-state index is 0.148. The first-order valence-electron chi connectivity index (χ1n) is 8.34. The summed E-state index contributed by atoms with van der Waals surface area (Å²) in [6, 6.07) is 20.1. The van der Waals surface area contributed by atoms with E-state index in [9.17, 15) is 5.11 Å². The molecule has 1 heterocycles. The Kier molecular flexibility index (Phi) is 4.57. The molecule has 0 aliphatic carbocycles. The summed E-state index contributed by atoms with van der Waals surface area (Å²) in [4.78, 5) is 4.53. The number of aromatic hydroxyl groups is 1. The molecule has 134 valence electrons. The largest absolute Gasteiger partial charge is 0.507 e. The van der Waals surface area contributed by atoms with E-state index in [2.05, 4.69) is 4.99 Å². The summed E-state index contributed by atoms with van der Waals surface area (Å²) < 4.78 is 11.2. The highest BCUT2D eigenvalue weighted by Crippen LogP contribution is 2.44. The van der Waals surface area contributed by atoms with E-state index < -0.39 is 0 Å². The van der Waals surface area contributed by atoms with Gasteiger partial charge in [0.1, 0.15) is 17.1 Å². The van der Waals surface area contributed by atoms with Crippen molar-refractivity contribution in [1.29, 1.82) is 0 Å². The van der Waals surface area contributed by atoms with Gasteiger partial charge < -0.3 is 14.3 Å². The molecular weight excluding hydrogens is 362 g/mol. The van der Waals surface area contributed by atoms with E-state index in [-0.39, 0.29) is 5.75 Å². The lowest BCUT2D eigenvalue weighted by molar-refractivity contribution is 0.415. The highest BCUT2D eigenvalue weighted by molar-refractivity contribution is 6.30. The van der Waals surface area contributed by atoms with Crippen molar-refractivity contribution in [3.8, 4) is 22.6 Å². The molecule has 0 saturated carbocycles. The van der Waals surface area contributed by atoms with E-state index in [1.54, 1.807) is 37.6 Å². The van der Waals surface area contributed by atoms with Gasteiger partial charge in [0, 0.05) is 11.2 Å². The Morgan fingerprint density at radius 3 is 2.44 bits per heavy atom. The molecule has 4 nitrogen and oxygen atoms in total. The second kappa shape index (κ2) is 7.17. The topological polar surface area (TPSA) is 55.0 Å². The number of hydrogen-bond donors (Lipinski definition) is 1. The van der Waals surface area contributed by atoms with Crippen LogP contribution in [-0.2, 0) is 0 Å². The summed E-state index contributed by atoms with van der Waals surface area (Å²) in [5.41, 5.74) is 3.07. The lowest BCUT2D eigenvalue weighted by Crippen LogP contribution is -1.83. The highest BCUT2D eigenvalue weighted by Gasteiger charge is 2.18. The Morgan fingerprint density at radius 2 is 1.74 bits per heavy atom. The van der Waals surface area contributed by atoms with Crippen molar-refractivity contribution < 1.29 is 14.3 Å². The molecule has 0 amide bonds. The molecule has 1 aromatic heterocycles. The molecule has 3 aromatic carbocycles. The lowest BCUT2D eigenvalue weighted by atomic mass is 10.0. The highest BCUT2D eigenvalue weighted by atomic mass is 35.5. The van der Waals surface area contributed by atoms with E-state index in [1.807, 2.05) is 42.5 Å². The molecule has 0 aliphatic rings. The first kappa shape index (κ1) is 17.2. The third kappa shape index (κ3) is 3.39. The number of fused-ring (bicyclic) bond motifs is 1. The first-order valence-corrected chi connectivity index (χ1v) is 8.72. The molecule has 0 fully saturated rings. The van der Waals surface area contributed by atoms with E-state index in [4.69, 9.17) is 20.8 Å². The van der Waals surface area contributed by atoms with Gasteiger partial charge in [-0.3, -0.25) is 0 Å². The molecule has 1 N–H and O–H groups in total. The van der Waals surface area contributed by atoms with Crippen LogP contribution < -0.4 is 4.74 Å². The smallest absolute Gasteiger partial charge is 0.228 e. The van der Waals surface area contributed by atoms with Gasteiger partial charge in [-0.1, -0.05) is 41.9 Å². The van der Waals surface area contributed by atoms with Crippen molar-refractivity contribution in [1.82, 2.24) is 0 Å². The molecule has 27 heavy (non-hydrogen) atoms. The van der Waals surface area contributed by atoms with Crippen LogP contribution in [0, 0.1) is 0 Å². The summed E-state index contributed by atoms with van der Waals surface area (Å²) >= 11 is 5.93. The SMILES string of the molecule is COc1ccc(-c2c(N=Cc3ccc(Cl)cc3)oc3cccc(O)c23)cc1. The fourth-order valence-electron chi connectivity index (χ4n) is 2.92. The van der Waals surface area contributed by atoms with Crippen molar-refractivity contribution >= 4 is 34.7 Å². The van der Waals surface area contributed by atoms with Crippen LogP contribution >= 0.6 is 11.6 Å². The van der Waals surface area contributed by atoms with Gasteiger partial charge in [-0.15, -0.1) is 0 Å². The number of rotatable bonds is 4. The van der Waals surface area contributed by atoms with E-state index in [0.29, 0.717) is 21.9 Å². The van der Waals surface area contributed by atoms with Crippen LogP contribution in [0.1, 0.15) is 5.56 Å². The molecule has 4 rings (SSSR count). The monoisotopic (exact) mass is 377 g/mol. The van der Waals surface area contributed by atoms with Crippen molar-refractivity contribution in [3.05, 3.63) is 77.3 Å². The first-order chi connectivity index (χ1) is 13.2. The number of furan rings is 1. The van der Waals surface area contributed by atoms with Crippen molar-refractivity contribution in [2.24, 2.45) is 4.99 Å². The van der Waals surface area contributed by atoms with Gasteiger partial charge in [0.05, 0.1) is 18.1 Å². The number of benzene rings is 3. The number of halogens is 1. The van der Waals surface area contributed by atoms with Crippen LogP contribution in [0.4, 0.5) is 5.88 Å². The van der Waals surface area contributed by atoms with Gasteiger partial charge in [-0.05, 0) is 47.5 Å². The Balaban J connectivity index is 1.86. The van der Waals surface area contributed by atoms with Gasteiger partial charge in [-0.2, -0.15) is 0 Å². The molecule has 5 heteroatoms. The predicted octanol–water partition coefficient (Wildman–Crippen LogP) is 6.22. The average Bonchev–Trinajstić information content (AvgIpc) is 3.07. The van der Waals surface area contributed by atoms with Crippen molar-refractivity contribution in [3.63, 3.8) is 0 Å². The maximum atomic E-state index is 10.4. The van der Waals surface area contributed by atoms with E-state index in [1.165, 1.54) is 0 Å². The number of nitrogens with zero attached hydrogens (tertiary/aromatic N) is 1. The quantitative estimate of drug-likeness (QED) is 0.429. The second-order valence-corrected chi connectivity index (χ2v) is 6.41. The summed E-state index contributed by atoms with van der Waals surface area (Å²) in [7, 11) is 1.62. The zero-order valence-electron chi connectivity index (χ0n) is 14.5. The van der Waals surface area contributed by atoms with Gasteiger partial charge >= 0.3 is 0 Å². The second-order valence-electron chi connectivity index (χ2n) is 5.97. The van der Waals surface area contributed by atoms with E-state index >= 15 is 0 Å². The Bertz CT molecular complexity index is 1110. The Morgan fingerprint density at radius 1 is 1.00 bits per heavy atom. The molecule has 4 aromatic rings. The van der Waals surface area contributed by atoms with Crippen LogP contribution in [0.15, 0.2) is 76.1 Å². The maximum Gasteiger partial charge on any atom is 0.228 e. The number of phenols is 1. The molecule has 0 saturated heterocycles. The molecule has 0 radical (unpaired) electrons. The Labute approximate surface area is 161 Å². The van der Waals surface area contributed by atoms with Crippen LogP contribution in [0.3, 0.4) is 0 Å². The van der Waals surface area contributed by atoms with Crippen LogP contribution in [0.5, 0.6) is 11.5 Å². The standard InChI is InChI=1S/C22H16ClNO3/c1-26-17-11-7-15(8-12-17)20-21-18(25)3-2-4-19(21)27-22(20)24-13-14-5-9-16(23)10-6-14/h2-13,25H,1H3. The molecule has 0 bridgehead atoms. The summed E-state index contributed by atoms with van der Waals surface area (Å²) in [6.45, 7) is 0. The number of hydrogen-bond acceptors (Lipinski definition) is 4. The zero-order valence-corrected chi connectivity index (χ0v) is 15.3. The van der Waals surface area contributed by atoms with Crippen molar-refractivity contribution in [2.75, 3.05) is 7.11 Å². The third-order valence-electron chi connectivity index (χ3n) is 4.25. The van der Waals surface area contributed by atoms with Gasteiger partial charge in [-0.25, -0.2) is 4.99 Å². The summed E-state index contributed by atoms with van der Waals surface area (Å²) in [5, 5.41) is 11.7. The number of methoxy groups -OCH3 is 1. The Hall–Kier alpha value is -3.24. The molecule has 0 aliphatic heterocycles. The molecule has 0 spiro atoms. The van der Waals surface area contributed by atoms with Crippen molar-refractivity contribution in [2.45, 2.75) is 0 Å². The van der Waals surface area contributed by atoms with Crippen LogP contribution in [0.25, 0.3) is 22.1 Å². The molecule has 0 unspecified atom stereocenters. The average molecular weight is 378 g/mol. The maximum absolute atomic E-state index is 10.4. The normalized spacial score (nSPS) is 11.3. The number of aliphatic imine (C=N–C) groups is 1. The minimum Gasteiger partial charge on any atom is -0.507 e. The minimum absolute atomic E-state index is 0.148. The zero-order chi connectivity index (χ0) is 18.8.